The van der Waals surface area contributed by atoms with Crippen molar-refractivity contribution in [2.45, 2.75) is 6.10 Å². The van der Waals surface area contributed by atoms with Crippen LogP contribution in [0.5, 0.6) is 0 Å². The molecule has 7 heteroatoms. The fourth-order valence-corrected chi connectivity index (χ4v) is 3.08. The number of hydrogen-bond donors (Lipinski definition) is 2. The van der Waals surface area contributed by atoms with Gasteiger partial charge in [-0.05, 0) is 17.5 Å². The minimum Gasteiger partial charge on any atom is -0.374 e. The van der Waals surface area contributed by atoms with E-state index in [2.05, 4.69) is 20.5 Å². The fraction of sp³-hybridized carbons (Fsp3) is 0.188. The number of thiophene rings is 1. The molecule has 0 spiro atoms. The number of nitrogens with one attached hydrogen (secondary N) is 2. The van der Waals surface area contributed by atoms with Gasteiger partial charge < -0.3 is 10.1 Å². The summed E-state index contributed by atoms with van der Waals surface area (Å²) in [5, 5.41) is 11.5. The number of hydrogen-bond acceptors (Lipinski definition) is 5. The molecule has 2 N–H and O–H groups in total. The van der Waals surface area contributed by atoms with Crippen LogP contribution in [0.4, 0.5) is 0 Å². The topological polar surface area (TPSA) is 79.9 Å². The lowest BCUT2D eigenvalue weighted by Gasteiger charge is -2.15. The molecule has 1 atom stereocenters. The van der Waals surface area contributed by atoms with Crippen LogP contribution in [-0.2, 0) is 4.74 Å². The molecule has 118 valence electrons. The Hall–Kier alpha value is -2.51. The van der Waals surface area contributed by atoms with Crippen LogP contribution in [0.1, 0.15) is 21.3 Å². The van der Waals surface area contributed by atoms with Crippen molar-refractivity contribution in [2.75, 3.05) is 13.7 Å². The second kappa shape index (κ2) is 7.17. The molecule has 0 saturated carbocycles. The molecule has 2 aromatic heterocycles. The summed E-state index contributed by atoms with van der Waals surface area (Å²) in [6.45, 7) is 0.403. The average Bonchev–Trinajstić information content (AvgIpc) is 3.29. The first kappa shape index (κ1) is 15.4. The minimum atomic E-state index is -0.171. The summed E-state index contributed by atoms with van der Waals surface area (Å²) in [5.74, 6) is 0.396. The molecule has 0 aliphatic rings. The van der Waals surface area contributed by atoms with Crippen LogP contribution >= 0.6 is 11.3 Å². The Morgan fingerprint density at radius 2 is 2.22 bits per heavy atom. The number of nitrogens with zero attached hydrogens (tertiary/aromatic N) is 2. The van der Waals surface area contributed by atoms with Crippen molar-refractivity contribution < 1.29 is 9.53 Å². The zero-order chi connectivity index (χ0) is 16.1. The van der Waals surface area contributed by atoms with Gasteiger partial charge in [0.1, 0.15) is 12.4 Å². The zero-order valence-electron chi connectivity index (χ0n) is 12.5. The van der Waals surface area contributed by atoms with E-state index in [1.807, 2.05) is 35.7 Å². The van der Waals surface area contributed by atoms with E-state index in [1.165, 1.54) is 6.33 Å². The number of aromatic nitrogens is 3. The smallest absolute Gasteiger partial charge is 0.252 e. The van der Waals surface area contributed by atoms with Gasteiger partial charge >= 0.3 is 0 Å². The summed E-state index contributed by atoms with van der Waals surface area (Å²) in [7, 11) is 1.64. The molecule has 1 amide bonds. The maximum atomic E-state index is 12.5. The van der Waals surface area contributed by atoms with E-state index in [0.29, 0.717) is 23.5 Å². The summed E-state index contributed by atoms with van der Waals surface area (Å²) in [5.41, 5.74) is 1.26. The van der Waals surface area contributed by atoms with E-state index in [4.69, 9.17) is 4.74 Å². The van der Waals surface area contributed by atoms with Crippen LogP contribution < -0.4 is 5.32 Å². The third-order valence-corrected chi connectivity index (χ3v) is 4.40. The summed E-state index contributed by atoms with van der Waals surface area (Å²) in [6, 6.07) is 11.2. The predicted octanol–water partition coefficient (Wildman–Crippen LogP) is 2.65. The second-order valence-corrected chi connectivity index (χ2v) is 5.81. The van der Waals surface area contributed by atoms with Crippen LogP contribution in [0, 0.1) is 0 Å². The standard InChI is InChI=1S/C16H16N4O2S/c1-22-13(14-7-4-8-23-14)9-17-16(21)12-6-3-2-5-11(12)15-18-10-19-20-15/h2-8,10,13H,9H2,1H3,(H,17,21)(H,18,19,20). The van der Waals surface area contributed by atoms with E-state index in [-0.39, 0.29) is 12.0 Å². The normalized spacial score (nSPS) is 12.0. The van der Waals surface area contributed by atoms with Gasteiger partial charge in [0.15, 0.2) is 5.82 Å². The maximum Gasteiger partial charge on any atom is 0.252 e. The van der Waals surface area contributed by atoms with Crippen molar-refractivity contribution in [3.8, 4) is 11.4 Å². The Kier molecular flexibility index (Phi) is 4.80. The van der Waals surface area contributed by atoms with Crippen molar-refractivity contribution in [1.29, 1.82) is 0 Å². The van der Waals surface area contributed by atoms with E-state index in [0.717, 1.165) is 4.88 Å². The number of methoxy groups -OCH3 is 1. The van der Waals surface area contributed by atoms with Gasteiger partial charge in [-0.2, -0.15) is 5.10 Å². The van der Waals surface area contributed by atoms with E-state index < -0.39 is 0 Å². The SMILES string of the molecule is COC(CNC(=O)c1ccccc1-c1ncn[nH]1)c1cccs1. The van der Waals surface area contributed by atoms with Crippen LogP contribution in [0.25, 0.3) is 11.4 Å². The molecule has 0 aliphatic heterocycles. The summed E-state index contributed by atoms with van der Waals surface area (Å²) >= 11 is 1.60. The molecule has 0 radical (unpaired) electrons. The largest absolute Gasteiger partial charge is 0.374 e. The lowest BCUT2D eigenvalue weighted by atomic mass is 10.1. The minimum absolute atomic E-state index is 0.156. The fourth-order valence-electron chi connectivity index (χ4n) is 2.28. The van der Waals surface area contributed by atoms with Crippen LogP contribution in [0.3, 0.4) is 0 Å². The van der Waals surface area contributed by atoms with Gasteiger partial charge in [-0.15, -0.1) is 11.3 Å². The van der Waals surface area contributed by atoms with Gasteiger partial charge in [-0.3, -0.25) is 9.89 Å². The number of benzene rings is 1. The highest BCUT2D eigenvalue weighted by Gasteiger charge is 2.17. The summed E-state index contributed by atoms with van der Waals surface area (Å²) < 4.78 is 5.45. The number of aromatic amines is 1. The first-order valence-electron chi connectivity index (χ1n) is 7.08. The van der Waals surface area contributed by atoms with Crippen molar-refractivity contribution in [1.82, 2.24) is 20.5 Å². The van der Waals surface area contributed by atoms with Gasteiger partial charge in [-0.1, -0.05) is 24.3 Å². The number of carbonyl (C=O) groups is 1. The molecule has 1 unspecified atom stereocenters. The summed E-state index contributed by atoms with van der Waals surface area (Å²) in [4.78, 5) is 17.7. The quantitative estimate of drug-likeness (QED) is 0.729. The number of rotatable bonds is 6. The van der Waals surface area contributed by atoms with Crippen LogP contribution in [-0.4, -0.2) is 34.7 Å². The molecule has 3 rings (SSSR count). The Morgan fingerprint density at radius 1 is 1.35 bits per heavy atom. The third-order valence-electron chi connectivity index (χ3n) is 3.43. The molecule has 0 saturated heterocycles. The van der Waals surface area contributed by atoms with E-state index in [9.17, 15) is 4.79 Å². The molecule has 0 fully saturated rings. The number of amides is 1. The number of H-pyrrole nitrogens is 1. The lowest BCUT2D eigenvalue weighted by molar-refractivity contribution is 0.0838. The Bertz CT molecular complexity index is 756. The maximum absolute atomic E-state index is 12.5. The molecule has 0 bridgehead atoms. The lowest BCUT2D eigenvalue weighted by Crippen LogP contribution is -2.29. The Balaban J connectivity index is 1.74. The first-order chi connectivity index (χ1) is 11.3. The Labute approximate surface area is 137 Å². The van der Waals surface area contributed by atoms with Crippen molar-refractivity contribution in [3.05, 3.63) is 58.5 Å². The Morgan fingerprint density at radius 3 is 2.91 bits per heavy atom. The summed E-state index contributed by atoms with van der Waals surface area (Å²) in [6.07, 6.45) is 1.26. The molecular weight excluding hydrogens is 312 g/mol. The monoisotopic (exact) mass is 328 g/mol. The molecule has 23 heavy (non-hydrogen) atoms. The molecule has 2 heterocycles. The highest BCUT2D eigenvalue weighted by Crippen LogP contribution is 2.22. The highest BCUT2D eigenvalue weighted by molar-refractivity contribution is 7.10. The molecule has 1 aromatic carbocycles. The van der Waals surface area contributed by atoms with Crippen molar-refractivity contribution in [3.63, 3.8) is 0 Å². The van der Waals surface area contributed by atoms with E-state index in [1.54, 1.807) is 24.5 Å². The van der Waals surface area contributed by atoms with Gasteiger partial charge in [0.2, 0.25) is 0 Å². The van der Waals surface area contributed by atoms with E-state index >= 15 is 0 Å². The predicted molar refractivity (Wildman–Crippen MR) is 88.2 cm³/mol. The molecule has 3 aromatic rings. The average molecular weight is 328 g/mol. The second-order valence-electron chi connectivity index (χ2n) is 4.83. The van der Waals surface area contributed by atoms with Gasteiger partial charge in [-0.25, -0.2) is 4.98 Å². The van der Waals surface area contributed by atoms with Crippen molar-refractivity contribution in [2.24, 2.45) is 0 Å². The first-order valence-corrected chi connectivity index (χ1v) is 7.96. The van der Waals surface area contributed by atoms with Crippen LogP contribution in [0.2, 0.25) is 0 Å². The third kappa shape index (κ3) is 3.46. The van der Waals surface area contributed by atoms with Gasteiger partial charge in [0.25, 0.3) is 5.91 Å². The number of carbonyl (C=O) groups excluding carboxylic acids is 1. The zero-order valence-corrected chi connectivity index (χ0v) is 13.3. The van der Waals surface area contributed by atoms with Gasteiger partial charge in [0.05, 0.1) is 5.56 Å². The molecule has 0 aliphatic carbocycles. The van der Waals surface area contributed by atoms with Gasteiger partial charge in [0, 0.05) is 24.1 Å². The van der Waals surface area contributed by atoms with Crippen LogP contribution in [0.15, 0.2) is 48.1 Å². The van der Waals surface area contributed by atoms with Crippen molar-refractivity contribution >= 4 is 17.2 Å². The highest BCUT2D eigenvalue weighted by atomic mass is 32.1. The molecule has 6 nitrogen and oxygen atoms in total. The molecular formula is C16H16N4O2S. The number of ether oxygens (including phenoxy) is 1.